The predicted molar refractivity (Wildman–Crippen MR) is 93.7 cm³/mol. The quantitative estimate of drug-likeness (QED) is 0.472. The lowest BCUT2D eigenvalue weighted by Gasteiger charge is -2.10. The molecule has 2 aromatic rings. The van der Waals surface area contributed by atoms with Crippen molar-refractivity contribution in [3.05, 3.63) is 59.7 Å². The van der Waals surface area contributed by atoms with Crippen molar-refractivity contribution in [3.63, 3.8) is 0 Å². The maximum atomic E-state index is 11.0. The van der Waals surface area contributed by atoms with E-state index in [0.717, 1.165) is 22.3 Å². The Bertz CT molecular complexity index is 701. The highest BCUT2D eigenvalue weighted by Gasteiger charge is 2.06. The fourth-order valence-corrected chi connectivity index (χ4v) is 2.31. The first kappa shape index (κ1) is 17.5. The molecule has 0 aromatic heterocycles. The maximum absolute atomic E-state index is 11.0. The van der Waals surface area contributed by atoms with Gasteiger partial charge >= 0.3 is 11.9 Å². The van der Waals surface area contributed by atoms with E-state index in [1.165, 1.54) is 13.8 Å². The second-order valence-corrected chi connectivity index (χ2v) is 5.49. The van der Waals surface area contributed by atoms with E-state index in [9.17, 15) is 9.59 Å². The van der Waals surface area contributed by atoms with Crippen LogP contribution in [0, 0.1) is 0 Å². The summed E-state index contributed by atoms with van der Waals surface area (Å²) in [7, 11) is 0. The molecule has 4 nitrogen and oxygen atoms in total. The molecular weight excluding hydrogens is 304 g/mol. The van der Waals surface area contributed by atoms with Crippen molar-refractivity contribution in [2.45, 2.75) is 27.7 Å². The highest BCUT2D eigenvalue weighted by Crippen LogP contribution is 2.28. The maximum Gasteiger partial charge on any atom is 0.308 e. The highest BCUT2D eigenvalue weighted by molar-refractivity contribution is 5.89. The summed E-state index contributed by atoms with van der Waals surface area (Å²) in [5.74, 6) is 0.392. The van der Waals surface area contributed by atoms with E-state index in [0.29, 0.717) is 11.5 Å². The smallest absolute Gasteiger partial charge is 0.308 e. The van der Waals surface area contributed by atoms with E-state index in [2.05, 4.69) is 0 Å². The second-order valence-electron chi connectivity index (χ2n) is 5.49. The molecule has 2 rings (SSSR count). The summed E-state index contributed by atoms with van der Waals surface area (Å²) in [6, 6.07) is 14.8. The van der Waals surface area contributed by atoms with Gasteiger partial charge in [0, 0.05) is 13.8 Å². The Morgan fingerprint density at radius 3 is 1.12 bits per heavy atom. The molecule has 0 N–H and O–H groups in total. The minimum atomic E-state index is -0.334. The van der Waals surface area contributed by atoms with Crippen molar-refractivity contribution in [2.24, 2.45) is 0 Å². The number of ether oxygens (including phenoxy) is 2. The zero-order valence-corrected chi connectivity index (χ0v) is 14.3. The van der Waals surface area contributed by atoms with Crippen LogP contribution in [0.4, 0.5) is 0 Å². The molecule has 0 bridgehead atoms. The molecule has 0 saturated carbocycles. The van der Waals surface area contributed by atoms with Crippen LogP contribution in [0.3, 0.4) is 0 Å². The van der Waals surface area contributed by atoms with Gasteiger partial charge in [-0.05, 0) is 60.4 Å². The predicted octanol–water partition coefficient (Wildman–Crippen LogP) is 4.49. The van der Waals surface area contributed by atoms with E-state index in [-0.39, 0.29) is 11.9 Å². The molecular formula is C20H20O4. The standard InChI is InChI=1S/C20H20O4/c1-13(17-5-9-19(10-6-17)23-15(3)21)14(2)18-7-11-20(12-8-18)24-16(4)22/h5-12H,1-4H3/b14-13+. The molecule has 0 atom stereocenters. The van der Waals surface area contributed by atoms with Crippen LogP contribution < -0.4 is 9.47 Å². The molecule has 0 amide bonds. The molecule has 124 valence electrons. The van der Waals surface area contributed by atoms with Crippen molar-refractivity contribution in [1.82, 2.24) is 0 Å². The van der Waals surface area contributed by atoms with Crippen LogP contribution in [-0.4, -0.2) is 11.9 Å². The van der Waals surface area contributed by atoms with Gasteiger partial charge in [-0.1, -0.05) is 24.3 Å². The lowest BCUT2D eigenvalue weighted by Crippen LogP contribution is -2.01. The first-order valence-corrected chi connectivity index (χ1v) is 7.62. The van der Waals surface area contributed by atoms with Gasteiger partial charge in [0.25, 0.3) is 0 Å². The van der Waals surface area contributed by atoms with Crippen molar-refractivity contribution in [1.29, 1.82) is 0 Å². The first-order chi connectivity index (χ1) is 11.4. The minimum Gasteiger partial charge on any atom is -0.427 e. The Hall–Kier alpha value is -2.88. The third-order valence-corrected chi connectivity index (χ3v) is 3.66. The number of allylic oxidation sites excluding steroid dienone is 2. The molecule has 0 aliphatic carbocycles. The summed E-state index contributed by atoms with van der Waals surface area (Å²) in [4.78, 5) is 21.9. The van der Waals surface area contributed by atoms with Gasteiger partial charge in [-0.15, -0.1) is 0 Å². The van der Waals surface area contributed by atoms with Crippen LogP contribution in [0.5, 0.6) is 11.5 Å². The third kappa shape index (κ3) is 4.56. The minimum absolute atomic E-state index is 0.334. The molecule has 0 fully saturated rings. The number of esters is 2. The number of carbonyl (C=O) groups is 2. The van der Waals surface area contributed by atoms with Crippen LogP contribution in [0.15, 0.2) is 48.5 Å². The Morgan fingerprint density at radius 1 is 0.583 bits per heavy atom. The molecule has 2 aromatic carbocycles. The Kier molecular flexibility index (Phi) is 5.53. The zero-order valence-electron chi connectivity index (χ0n) is 14.3. The number of hydrogen-bond acceptors (Lipinski definition) is 4. The topological polar surface area (TPSA) is 52.6 Å². The summed E-state index contributed by atoms with van der Waals surface area (Å²) < 4.78 is 10.1. The summed E-state index contributed by atoms with van der Waals surface area (Å²) >= 11 is 0. The zero-order chi connectivity index (χ0) is 17.7. The van der Waals surface area contributed by atoms with Crippen LogP contribution in [0.2, 0.25) is 0 Å². The SMILES string of the molecule is CC(=O)Oc1ccc(/C(C)=C(\C)c2ccc(OC(C)=O)cc2)cc1. The molecule has 0 heterocycles. The average Bonchev–Trinajstić information content (AvgIpc) is 2.54. The second kappa shape index (κ2) is 7.59. The molecule has 0 unspecified atom stereocenters. The Balaban J connectivity index is 2.23. The summed E-state index contributed by atoms with van der Waals surface area (Å²) in [6.45, 7) is 6.83. The molecule has 0 spiro atoms. The summed E-state index contributed by atoms with van der Waals surface area (Å²) in [5, 5.41) is 0. The van der Waals surface area contributed by atoms with Gasteiger partial charge in [0.2, 0.25) is 0 Å². The molecule has 0 aliphatic rings. The lowest BCUT2D eigenvalue weighted by molar-refractivity contribution is -0.132. The van der Waals surface area contributed by atoms with E-state index < -0.39 is 0 Å². The fraction of sp³-hybridized carbons (Fsp3) is 0.200. The van der Waals surface area contributed by atoms with E-state index >= 15 is 0 Å². The molecule has 0 radical (unpaired) electrons. The van der Waals surface area contributed by atoms with Gasteiger partial charge < -0.3 is 9.47 Å². The fourth-order valence-electron chi connectivity index (χ4n) is 2.31. The normalized spacial score (nSPS) is 11.5. The van der Waals surface area contributed by atoms with Gasteiger partial charge in [0.1, 0.15) is 11.5 Å². The van der Waals surface area contributed by atoms with E-state index in [1.54, 1.807) is 24.3 Å². The van der Waals surface area contributed by atoms with Crippen molar-refractivity contribution in [3.8, 4) is 11.5 Å². The van der Waals surface area contributed by atoms with Gasteiger partial charge in [-0.3, -0.25) is 9.59 Å². The average molecular weight is 324 g/mol. The van der Waals surface area contributed by atoms with Crippen LogP contribution in [0.25, 0.3) is 11.1 Å². The number of benzene rings is 2. The lowest BCUT2D eigenvalue weighted by atomic mass is 9.97. The van der Waals surface area contributed by atoms with Crippen LogP contribution in [0.1, 0.15) is 38.8 Å². The van der Waals surface area contributed by atoms with Gasteiger partial charge in [-0.2, -0.15) is 0 Å². The largest absolute Gasteiger partial charge is 0.427 e. The molecule has 0 saturated heterocycles. The Morgan fingerprint density at radius 2 is 0.875 bits per heavy atom. The monoisotopic (exact) mass is 324 g/mol. The molecule has 4 heteroatoms. The highest BCUT2D eigenvalue weighted by atomic mass is 16.5. The Labute approximate surface area is 141 Å². The van der Waals surface area contributed by atoms with Crippen molar-refractivity contribution in [2.75, 3.05) is 0 Å². The van der Waals surface area contributed by atoms with Crippen molar-refractivity contribution >= 4 is 23.1 Å². The van der Waals surface area contributed by atoms with Crippen LogP contribution >= 0.6 is 0 Å². The molecule has 24 heavy (non-hydrogen) atoms. The molecule has 0 aliphatic heterocycles. The third-order valence-electron chi connectivity index (χ3n) is 3.66. The summed E-state index contributed by atoms with van der Waals surface area (Å²) in [6.07, 6.45) is 0. The van der Waals surface area contributed by atoms with Gasteiger partial charge in [0.15, 0.2) is 0 Å². The number of hydrogen-bond donors (Lipinski definition) is 0. The van der Waals surface area contributed by atoms with Gasteiger partial charge in [0.05, 0.1) is 0 Å². The van der Waals surface area contributed by atoms with E-state index in [4.69, 9.17) is 9.47 Å². The van der Waals surface area contributed by atoms with Crippen molar-refractivity contribution < 1.29 is 19.1 Å². The number of rotatable bonds is 4. The van der Waals surface area contributed by atoms with Gasteiger partial charge in [-0.25, -0.2) is 0 Å². The van der Waals surface area contributed by atoms with Crippen LogP contribution in [-0.2, 0) is 9.59 Å². The summed E-state index contributed by atoms with van der Waals surface area (Å²) in [5.41, 5.74) is 4.33. The number of carbonyl (C=O) groups excluding carboxylic acids is 2. The first-order valence-electron chi connectivity index (χ1n) is 7.62. The van der Waals surface area contributed by atoms with E-state index in [1.807, 2.05) is 38.1 Å².